The minimum absolute atomic E-state index is 0.112. The first-order valence-electron chi connectivity index (χ1n) is 4.15. The summed E-state index contributed by atoms with van der Waals surface area (Å²) in [7, 11) is 0. The molecule has 0 aliphatic rings. The predicted molar refractivity (Wildman–Crippen MR) is 43.6 cm³/mol. The van der Waals surface area contributed by atoms with Gasteiger partial charge in [-0.3, -0.25) is 4.79 Å². The first kappa shape index (κ1) is 11.4. The SMILES string of the molecule is CCCCC(=O)OCC(O)CO. The first-order valence-corrected chi connectivity index (χ1v) is 4.15. The zero-order valence-electron chi connectivity index (χ0n) is 7.32. The summed E-state index contributed by atoms with van der Waals surface area (Å²) in [5, 5.41) is 17.2. The summed E-state index contributed by atoms with van der Waals surface area (Å²) in [6.45, 7) is 1.50. The maximum absolute atomic E-state index is 10.8. The van der Waals surface area contributed by atoms with Crippen molar-refractivity contribution in [2.75, 3.05) is 13.2 Å². The number of aliphatic hydroxyl groups is 2. The summed E-state index contributed by atoms with van der Waals surface area (Å²) < 4.78 is 4.65. The number of hydrogen-bond donors (Lipinski definition) is 2. The molecular weight excluding hydrogens is 160 g/mol. The third-order valence-electron chi connectivity index (χ3n) is 1.38. The Morgan fingerprint density at radius 3 is 2.75 bits per heavy atom. The maximum Gasteiger partial charge on any atom is 0.305 e. The van der Waals surface area contributed by atoms with E-state index in [2.05, 4.69) is 4.74 Å². The van der Waals surface area contributed by atoms with Gasteiger partial charge in [-0.25, -0.2) is 0 Å². The molecule has 0 heterocycles. The van der Waals surface area contributed by atoms with Gasteiger partial charge >= 0.3 is 5.97 Å². The van der Waals surface area contributed by atoms with Crippen LogP contribution in [-0.2, 0) is 9.53 Å². The topological polar surface area (TPSA) is 66.8 Å². The number of esters is 1. The Hall–Kier alpha value is -0.610. The molecule has 0 aliphatic heterocycles. The van der Waals surface area contributed by atoms with Crippen LogP contribution in [0.15, 0.2) is 0 Å². The van der Waals surface area contributed by atoms with Gasteiger partial charge in [-0.05, 0) is 6.42 Å². The number of carbonyl (C=O) groups is 1. The first-order chi connectivity index (χ1) is 5.70. The average Bonchev–Trinajstić information content (AvgIpc) is 2.10. The molecule has 0 spiro atoms. The van der Waals surface area contributed by atoms with Gasteiger partial charge in [-0.1, -0.05) is 13.3 Å². The van der Waals surface area contributed by atoms with E-state index in [9.17, 15) is 4.79 Å². The molecule has 0 aromatic rings. The fourth-order valence-corrected chi connectivity index (χ4v) is 0.635. The van der Waals surface area contributed by atoms with Crippen molar-refractivity contribution in [3.05, 3.63) is 0 Å². The molecule has 1 unspecified atom stereocenters. The van der Waals surface area contributed by atoms with Crippen LogP contribution < -0.4 is 0 Å². The summed E-state index contributed by atoms with van der Waals surface area (Å²) in [5.74, 6) is -0.315. The van der Waals surface area contributed by atoms with Gasteiger partial charge in [0, 0.05) is 6.42 Å². The van der Waals surface area contributed by atoms with Gasteiger partial charge in [0.2, 0.25) is 0 Å². The smallest absolute Gasteiger partial charge is 0.305 e. The minimum atomic E-state index is -0.949. The molecule has 72 valence electrons. The molecule has 0 aromatic carbocycles. The standard InChI is InChI=1S/C8H16O4/c1-2-3-4-8(11)12-6-7(10)5-9/h7,9-10H,2-6H2,1H3. The molecule has 4 heteroatoms. The second-order valence-corrected chi connectivity index (χ2v) is 2.62. The molecule has 0 rings (SSSR count). The highest BCUT2D eigenvalue weighted by atomic mass is 16.5. The Morgan fingerprint density at radius 1 is 1.58 bits per heavy atom. The summed E-state index contributed by atoms with van der Waals surface area (Å²) in [4.78, 5) is 10.8. The van der Waals surface area contributed by atoms with Crippen LogP contribution in [0.4, 0.5) is 0 Å². The molecule has 4 nitrogen and oxygen atoms in total. The zero-order chi connectivity index (χ0) is 9.40. The van der Waals surface area contributed by atoms with Crippen molar-refractivity contribution in [1.29, 1.82) is 0 Å². The zero-order valence-corrected chi connectivity index (χ0v) is 7.32. The highest BCUT2D eigenvalue weighted by Crippen LogP contribution is 1.96. The molecule has 0 radical (unpaired) electrons. The summed E-state index contributed by atoms with van der Waals surface area (Å²) >= 11 is 0. The highest BCUT2D eigenvalue weighted by molar-refractivity contribution is 5.69. The van der Waals surface area contributed by atoms with E-state index < -0.39 is 6.10 Å². The van der Waals surface area contributed by atoms with E-state index >= 15 is 0 Å². The third-order valence-corrected chi connectivity index (χ3v) is 1.38. The van der Waals surface area contributed by atoms with Crippen molar-refractivity contribution in [3.8, 4) is 0 Å². The van der Waals surface area contributed by atoms with Crippen molar-refractivity contribution in [1.82, 2.24) is 0 Å². The van der Waals surface area contributed by atoms with Crippen LogP contribution in [0.1, 0.15) is 26.2 Å². The lowest BCUT2D eigenvalue weighted by Crippen LogP contribution is -2.21. The van der Waals surface area contributed by atoms with Gasteiger partial charge in [0.05, 0.1) is 6.61 Å². The van der Waals surface area contributed by atoms with Crippen LogP contribution in [-0.4, -0.2) is 35.5 Å². The molecule has 0 bridgehead atoms. The lowest BCUT2D eigenvalue weighted by Gasteiger charge is -2.07. The highest BCUT2D eigenvalue weighted by Gasteiger charge is 2.06. The molecule has 0 saturated heterocycles. The van der Waals surface area contributed by atoms with Gasteiger partial charge in [-0.15, -0.1) is 0 Å². The van der Waals surface area contributed by atoms with Crippen molar-refractivity contribution < 1.29 is 19.7 Å². The van der Waals surface area contributed by atoms with E-state index in [0.29, 0.717) is 6.42 Å². The lowest BCUT2D eigenvalue weighted by molar-refractivity contribution is -0.147. The molecule has 0 saturated carbocycles. The third kappa shape index (κ3) is 6.12. The Morgan fingerprint density at radius 2 is 2.25 bits per heavy atom. The molecule has 12 heavy (non-hydrogen) atoms. The van der Waals surface area contributed by atoms with Gasteiger partial charge < -0.3 is 14.9 Å². The second kappa shape index (κ2) is 7.06. The molecule has 0 aliphatic carbocycles. The summed E-state index contributed by atoms with van der Waals surface area (Å²) in [6, 6.07) is 0. The fourth-order valence-electron chi connectivity index (χ4n) is 0.635. The Balaban J connectivity index is 3.31. The van der Waals surface area contributed by atoms with E-state index in [-0.39, 0.29) is 19.2 Å². The van der Waals surface area contributed by atoms with Crippen molar-refractivity contribution in [2.24, 2.45) is 0 Å². The number of hydrogen-bond acceptors (Lipinski definition) is 4. The van der Waals surface area contributed by atoms with Crippen LogP contribution >= 0.6 is 0 Å². The molecule has 0 aromatic heterocycles. The normalized spacial score (nSPS) is 12.6. The Labute approximate surface area is 72.2 Å². The van der Waals surface area contributed by atoms with Crippen molar-refractivity contribution >= 4 is 5.97 Å². The van der Waals surface area contributed by atoms with Gasteiger partial charge in [-0.2, -0.15) is 0 Å². The van der Waals surface area contributed by atoms with Crippen LogP contribution in [0.5, 0.6) is 0 Å². The van der Waals surface area contributed by atoms with E-state index in [0.717, 1.165) is 12.8 Å². The average molecular weight is 176 g/mol. The summed E-state index contributed by atoms with van der Waals surface area (Å²) in [6.07, 6.45) is 1.18. The number of carbonyl (C=O) groups excluding carboxylic acids is 1. The number of ether oxygens (including phenoxy) is 1. The molecule has 2 N–H and O–H groups in total. The van der Waals surface area contributed by atoms with E-state index in [1.165, 1.54) is 0 Å². The quantitative estimate of drug-likeness (QED) is 0.562. The predicted octanol–water partition coefficient (Wildman–Crippen LogP) is 0.0730. The minimum Gasteiger partial charge on any atom is -0.463 e. The Bertz CT molecular complexity index is 124. The molecular formula is C8H16O4. The number of aliphatic hydroxyl groups excluding tert-OH is 2. The van der Waals surface area contributed by atoms with Gasteiger partial charge in [0.1, 0.15) is 12.7 Å². The lowest BCUT2D eigenvalue weighted by atomic mass is 10.2. The number of unbranched alkanes of at least 4 members (excludes halogenated alkanes) is 1. The monoisotopic (exact) mass is 176 g/mol. The van der Waals surface area contributed by atoms with Crippen LogP contribution in [0.3, 0.4) is 0 Å². The summed E-state index contributed by atoms with van der Waals surface area (Å²) in [5.41, 5.74) is 0. The van der Waals surface area contributed by atoms with Crippen molar-refractivity contribution in [2.45, 2.75) is 32.3 Å². The van der Waals surface area contributed by atoms with Crippen LogP contribution in [0, 0.1) is 0 Å². The van der Waals surface area contributed by atoms with E-state index in [1.807, 2.05) is 6.92 Å². The second-order valence-electron chi connectivity index (χ2n) is 2.62. The number of rotatable bonds is 6. The largest absolute Gasteiger partial charge is 0.463 e. The Kier molecular flexibility index (Phi) is 6.70. The van der Waals surface area contributed by atoms with Crippen LogP contribution in [0.2, 0.25) is 0 Å². The molecule has 0 fully saturated rings. The molecule has 1 atom stereocenters. The van der Waals surface area contributed by atoms with Gasteiger partial charge in [0.25, 0.3) is 0 Å². The van der Waals surface area contributed by atoms with E-state index in [4.69, 9.17) is 10.2 Å². The van der Waals surface area contributed by atoms with Gasteiger partial charge in [0.15, 0.2) is 0 Å². The molecule has 0 amide bonds. The fraction of sp³-hybridized carbons (Fsp3) is 0.875. The maximum atomic E-state index is 10.8. The van der Waals surface area contributed by atoms with Crippen molar-refractivity contribution in [3.63, 3.8) is 0 Å². The van der Waals surface area contributed by atoms with Crippen LogP contribution in [0.25, 0.3) is 0 Å². The van der Waals surface area contributed by atoms with E-state index in [1.54, 1.807) is 0 Å².